The molecule has 1 aliphatic carbocycles. The lowest BCUT2D eigenvalue weighted by atomic mass is 9.84. The normalized spacial score (nSPS) is 23.7. The van der Waals surface area contributed by atoms with Gasteiger partial charge in [0.2, 0.25) is 0 Å². The Morgan fingerprint density at radius 2 is 2.11 bits per heavy atom. The number of carbonyl (C=O) groups is 1. The van der Waals surface area contributed by atoms with Crippen LogP contribution in [-0.4, -0.2) is 16.9 Å². The van der Waals surface area contributed by atoms with Crippen LogP contribution in [0.5, 0.6) is 0 Å². The molecule has 1 aromatic heterocycles. The van der Waals surface area contributed by atoms with E-state index in [1.807, 2.05) is 0 Å². The van der Waals surface area contributed by atoms with Crippen LogP contribution in [-0.2, 0) is 0 Å². The van der Waals surface area contributed by atoms with Crippen LogP contribution in [0.2, 0.25) is 5.15 Å². The number of amides is 1. The predicted molar refractivity (Wildman–Crippen MR) is 72.8 cm³/mol. The lowest BCUT2D eigenvalue weighted by molar-refractivity contribution is 0.0916. The average molecular weight is 267 g/mol. The molecule has 0 aliphatic heterocycles. The third kappa shape index (κ3) is 3.45. The summed E-state index contributed by atoms with van der Waals surface area (Å²) in [5.74, 6) is 0.722. The van der Waals surface area contributed by atoms with Crippen molar-refractivity contribution in [2.45, 2.75) is 45.1 Å². The smallest absolute Gasteiger partial charge is 0.270 e. The molecule has 0 atom stereocenters. The van der Waals surface area contributed by atoms with Crippen molar-refractivity contribution in [3.8, 4) is 0 Å². The van der Waals surface area contributed by atoms with E-state index >= 15 is 0 Å². The molecule has 1 amide bonds. The van der Waals surface area contributed by atoms with Crippen LogP contribution in [0.4, 0.5) is 0 Å². The second-order valence-corrected chi connectivity index (χ2v) is 5.33. The molecular formula is C14H19ClN2O. The Morgan fingerprint density at radius 1 is 1.39 bits per heavy atom. The van der Waals surface area contributed by atoms with Gasteiger partial charge in [0.1, 0.15) is 10.8 Å². The second-order valence-electron chi connectivity index (χ2n) is 4.94. The number of hydrogen-bond donors (Lipinski definition) is 1. The maximum absolute atomic E-state index is 12.0. The average Bonchev–Trinajstić information content (AvgIpc) is 2.39. The summed E-state index contributed by atoms with van der Waals surface area (Å²) in [5, 5.41) is 3.41. The van der Waals surface area contributed by atoms with Gasteiger partial charge in [-0.1, -0.05) is 31.0 Å². The molecule has 1 aromatic rings. The molecule has 18 heavy (non-hydrogen) atoms. The minimum absolute atomic E-state index is 0.113. The number of pyridine rings is 1. The lowest BCUT2D eigenvalue weighted by Crippen LogP contribution is -2.37. The quantitative estimate of drug-likeness (QED) is 0.852. The molecule has 1 heterocycles. The van der Waals surface area contributed by atoms with E-state index in [9.17, 15) is 4.79 Å². The van der Waals surface area contributed by atoms with Crippen molar-refractivity contribution >= 4 is 17.5 Å². The van der Waals surface area contributed by atoms with Crippen LogP contribution in [0, 0.1) is 5.92 Å². The zero-order valence-corrected chi connectivity index (χ0v) is 11.4. The molecule has 0 unspecified atom stereocenters. The number of carbonyl (C=O) groups excluding carboxylic acids is 1. The second kappa shape index (κ2) is 6.19. The Kier molecular flexibility index (Phi) is 4.59. The number of nitrogens with one attached hydrogen (secondary N) is 1. The molecule has 0 radical (unpaired) electrons. The van der Waals surface area contributed by atoms with E-state index in [1.165, 1.54) is 19.3 Å². The van der Waals surface area contributed by atoms with E-state index < -0.39 is 0 Å². The van der Waals surface area contributed by atoms with Crippen LogP contribution in [0.1, 0.15) is 49.5 Å². The summed E-state index contributed by atoms with van der Waals surface area (Å²) < 4.78 is 0. The van der Waals surface area contributed by atoms with Crippen LogP contribution < -0.4 is 5.32 Å². The van der Waals surface area contributed by atoms with Gasteiger partial charge in [0, 0.05) is 6.04 Å². The largest absolute Gasteiger partial charge is 0.348 e. The van der Waals surface area contributed by atoms with Gasteiger partial charge in [0.25, 0.3) is 5.91 Å². The molecule has 0 saturated heterocycles. The summed E-state index contributed by atoms with van der Waals surface area (Å²) in [5.41, 5.74) is 0.403. The number of rotatable bonds is 3. The Bertz CT molecular complexity index is 414. The van der Waals surface area contributed by atoms with Gasteiger partial charge in [0.05, 0.1) is 0 Å². The highest BCUT2D eigenvalue weighted by Gasteiger charge is 2.22. The first kappa shape index (κ1) is 13.3. The van der Waals surface area contributed by atoms with Crippen molar-refractivity contribution in [1.82, 2.24) is 10.3 Å². The Morgan fingerprint density at radius 3 is 2.72 bits per heavy atom. The molecule has 1 fully saturated rings. The Hall–Kier alpha value is -1.09. The van der Waals surface area contributed by atoms with Crippen molar-refractivity contribution in [2.75, 3.05) is 0 Å². The molecule has 1 aliphatic rings. The molecule has 0 spiro atoms. The first-order valence-corrected chi connectivity index (χ1v) is 7.00. The monoisotopic (exact) mass is 266 g/mol. The first-order valence-electron chi connectivity index (χ1n) is 6.62. The van der Waals surface area contributed by atoms with Gasteiger partial charge >= 0.3 is 0 Å². The lowest BCUT2D eigenvalue weighted by Gasteiger charge is -2.28. The molecular weight excluding hydrogens is 248 g/mol. The van der Waals surface area contributed by atoms with Crippen molar-refractivity contribution in [3.05, 3.63) is 29.0 Å². The zero-order chi connectivity index (χ0) is 13.0. The third-order valence-corrected chi connectivity index (χ3v) is 3.92. The highest BCUT2D eigenvalue weighted by molar-refractivity contribution is 6.29. The fourth-order valence-electron chi connectivity index (χ4n) is 2.51. The summed E-state index contributed by atoms with van der Waals surface area (Å²) in [4.78, 5) is 16.0. The molecule has 3 nitrogen and oxygen atoms in total. The molecule has 1 saturated carbocycles. The minimum atomic E-state index is -0.113. The van der Waals surface area contributed by atoms with Gasteiger partial charge < -0.3 is 5.32 Å². The Labute approximate surface area is 113 Å². The van der Waals surface area contributed by atoms with E-state index in [0.717, 1.165) is 18.8 Å². The van der Waals surface area contributed by atoms with Gasteiger partial charge in [-0.2, -0.15) is 0 Å². The van der Waals surface area contributed by atoms with Gasteiger partial charge in [-0.05, 0) is 43.7 Å². The van der Waals surface area contributed by atoms with E-state index in [0.29, 0.717) is 16.9 Å². The highest BCUT2D eigenvalue weighted by atomic mass is 35.5. The van der Waals surface area contributed by atoms with Gasteiger partial charge in [-0.15, -0.1) is 0 Å². The molecule has 98 valence electrons. The maximum Gasteiger partial charge on any atom is 0.270 e. The Balaban J connectivity index is 1.89. The standard InChI is InChI=1S/C14H19ClN2O/c1-2-10-6-8-11(9-7-10)16-14(18)12-4-3-5-13(15)17-12/h3-5,10-11H,2,6-9H2,1H3,(H,16,18). The third-order valence-electron chi connectivity index (χ3n) is 3.71. The van der Waals surface area contributed by atoms with Crippen LogP contribution in [0.25, 0.3) is 0 Å². The number of halogens is 1. The van der Waals surface area contributed by atoms with Crippen molar-refractivity contribution in [2.24, 2.45) is 5.92 Å². The minimum Gasteiger partial charge on any atom is -0.348 e. The van der Waals surface area contributed by atoms with Crippen LogP contribution >= 0.6 is 11.6 Å². The molecule has 4 heteroatoms. The number of aromatic nitrogens is 1. The van der Waals surface area contributed by atoms with Crippen LogP contribution in [0.3, 0.4) is 0 Å². The van der Waals surface area contributed by atoms with Crippen LogP contribution in [0.15, 0.2) is 18.2 Å². The summed E-state index contributed by atoms with van der Waals surface area (Å²) in [6.45, 7) is 2.24. The summed E-state index contributed by atoms with van der Waals surface area (Å²) in [6.07, 6.45) is 5.82. The topological polar surface area (TPSA) is 42.0 Å². The van der Waals surface area contributed by atoms with E-state index in [1.54, 1.807) is 18.2 Å². The summed E-state index contributed by atoms with van der Waals surface area (Å²) in [7, 11) is 0. The van der Waals surface area contributed by atoms with Gasteiger partial charge in [0.15, 0.2) is 0 Å². The van der Waals surface area contributed by atoms with E-state index in [4.69, 9.17) is 11.6 Å². The molecule has 2 rings (SSSR count). The maximum atomic E-state index is 12.0. The number of nitrogens with zero attached hydrogens (tertiary/aromatic N) is 1. The van der Waals surface area contributed by atoms with Gasteiger partial charge in [-0.25, -0.2) is 4.98 Å². The molecule has 0 aromatic carbocycles. The molecule has 1 N–H and O–H groups in total. The highest BCUT2D eigenvalue weighted by Crippen LogP contribution is 2.26. The van der Waals surface area contributed by atoms with Crippen molar-refractivity contribution in [3.63, 3.8) is 0 Å². The SMILES string of the molecule is CCC1CCC(NC(=O)c2cccc(Cl)n2)CC1. The van der Waals surface area contributed by atoms with Crippen molar-refractivity contribution in [1.29, 1.82) is 0 Å². The van der Waals surface area contributed by atoms with E-state index in [2.05, 4.69) is 17.2 Å². The van der Waals surface area contributed by atoms with Crippen molar-refractivity contribution < 1.29 is 4.79 Å². The first-order chi connectivity index (χ1) is 8.69. The predicted octanol–water partition coefficient (Wildman–Crippen LogP) is 3.43. The fourth-order valence-corrected chi connectivity index (χ4v) is 2.67. The van der Waals surface area contributed by atoms with Gasteiger partial charge in [-0.3, -0.25) is 4.79 Å². The van der Waals surface area contributed by atoms with E-state index in [-0.39, 0.29) is 5.91 Å². The summed E-state index contributed by atoms with van der Waals surface area (Å²) >= 11 is 5.78. The molecule has 0 bridgehead atoms. The fraction of sp³-hybridized carbons (Fsp3) is 0.571. The summed E-state index contributed by atoms with van der Waals surface area (Å²) in [6, 6.07) is 5.41. The number of hydrogen-bond acceptors (Lipinski definition) is 2. The zero-order valence-electron chi connectivity index (χ0n) is 10.7.